The van der Waals surface area contributed by atoms with Crippen LogP contribution in [0.5, 0.6) is 0 Å². The highest BCUT2D eigenvalue weighted by molar-refractivity contribution is 5.24. The standard InChI is InChI=1S/C13H16FN3/c1-17-9-10(8-16-17)6-11(7-15)12-4-2-3-5-13(12)14/h2-5,8-9,11H,6-7,15H2,1H3. The fourth-order valence-corrected chi connectivity index (χ4v) is 1.99. The summed E-state index contributed by atoms with van der Waals surface area (Å²) >= 11 is 0. The average molecular weight is 233 g/mol. The Hall–Kier alpha value is -1.68. The largest absolute Gasteiger partial charge is 0.330 e. The zero-order valence-electron chi connectivity index (χ0n) is 9.81. The van der Waals surface area contributed by atoms with Crippen molar-refractivity contribution in [1.82, 2.24) is 9.78 Å². The Bertz CT molecular complexity index is 493. The third-order valence-electron chi connectivity index (χ3n) is 2.87. The molecule has 0 bridgehead atoms. The molecular weight excluding hydrogens is 217 g/mol. The number of benzene rings is 1. The number of hydrogen-bond acceptors (Lipinski definition) is 2. The predicted molar refractivity (Wildman–Crippen MR) is 65.1 cm³/mol. The molecule has 1 aromatic heterocycles. The normalized spacial score (nSPS) is 12.6. The zero-order valence-corrected chi connectivity index (χ0v) is 9.81. The van der Waals surface area contributed by atoms with E-state index >= 15 is 0 Å². The minimum absolute atomic E-state index is 0.000370. The van der Waals surface area contributed by atoms with E-state index in [2.05, 4.69) is 5.10 Å². The predicted octanol–water partition coefficient (Wildman–Crippen LogP) is 1.84. The van der Waals surface area contributed by atoms with Crippen LogP contribution in [0.1, 0.15) is 17.0 Å². The molecule has 0 fully saturated rings. The van der Waals surface area contributed by atoms with E-state index in [0.29, 0.717) is 18.5 Å². The van der Waals surface area contributed by atoms with Crippen molar-refractivity contribution in [2.45, 2.75) is 12.3 Å². The van der Waals surface area contributed by atoms with Crippen molar-refractivity contribution in [2.75, 3.05) is 6.54 Å². The van der Waals surface area contributed by atoms with Gasteiger partial charge in [-0.1, -0.05) is 18.2 Å². The van der Waals surface area contributed by atoms with Crippen molar-refractivity contribution in [1.29, 1.82) is 0 Å². The summed E-state index contributed by atoms with van der Waals surface area (Å²) in [6, 6.07) is 6.80. The summed E-state index contributed by atoms with van der Waals surface area (Å²) in [5.74, 6) is -0.188. The van der Waals surface area contributed by atoms with Crippen LogP contribution in [0.3, 0.4) is 0 Å². The summed E-state index contributed by atoms with van der Waals surface area (Å²) in [5.41, 5.74) is 7.49. The Balaban J connectivity index is 2.20. The van der Waals surface area contributed by atoms with E-state index in [9.17, 15) is 4.39 Å². The van der Waals surface area contributed by atoms with Crippen LogP contribution in [0.2, 0.25) is 0 Å². The van der Waals surface area contributed by atoms with Gasteiger partial charge < -0.3 is 5.73 Å². The van der Waals surface area contributed by atoms with Gasteiger partial charge in [-0.15, -0.1) is 0 Å². The van der Waals surface area contributed by atoms with E-state index < -0.39 is 0 Å². The molecule has 0 aliphatic rings. The maximum Gasteiger partial charge on any atom is 0.126 e. The van der Waals surface area contributed by atoms with Gasteiger partial charge in [0.2, 0.25) is 0 Å². The smallest absolute Gasteiger partial charge is 0.126 e. The lowest BCUT2D eigenvalue weighted by atomic mass is 9.93. The maximum absolute atomic E-state index is 13.7. The number of hydrogen-bond donors (Lipinski definition) is 1. The first kappa shape index (κ1) is 11.8. The van der Waals surface area contributed by atoms with Gasteiger partial charge in [0.1, 0.15) is 5.82 Å². The third-order valence-corrected chi connectivity index (χ3v) is 2.87. The second-order valence-corrected chi connectivity index (χ2v) is 4.18. The van der Waals surface area contributed by atoms with Gasteiger partial charge in [0.15, 0.2) is 0 Å². The van der Waals surface area contributed by atoms with E-state index in [1.807, 2.05) is 19.3 Å². The number of rotatable bonds is 4. The molecule has 0 spiro atoms. The summed E-state index contributed by atoms with van der Waals surface area (Å²) < 4.78 is 15.4. The summed E-state index contributed by atoms with van der Waals surface area (Å²) in [7, 11) is 1.87. The van der Waals surface area contributed by atoms with Crippen LogP contribution in [0.4, 0.5) is 4.39 Å². The fourth-order valence-electron chi connectivity index (χ4n) is 1.99. The maximum atomic E-state index is 13.7. The first-order valence-electron chi connectivity index (χ1n) is 5.62. The zero-order chi connectivity index (χ0) is 12.3. The quantitative estimate of drug-likeness (QED) is 0.875. The molecular formula is C13H16FN3. The molecule has 2 rings (SSSR count). The van der Waals surface area contributed by atoms with Crippen LogP contribution in [0, 0.1) is 5.82 Å². The molecule has 0 aliphatic heterocycles. The molecule has 0 saturated carbocycles. The highest BCUT2D eigenvalue weighted by Gasteiger charge is 2.15. The molecule has 4 heteroatoms. The molecule has 1 heterocycles. The van der Waals surface area contributed by atoms with Crippen LogP contribution in [0.25, 0.3) is 0 Å². The number of aryl methyl sites for hydroxylation is 1. The molecule has 3 nitrogen and oxygen atoms in total. The molecule has 2 aromatic rings. The Morgan fingerprint density at radius 3 is 2.76 bits per heavy atom. The lowest BCUT2D eigenvalue weighted by Gasteiger charge is -2.14. The monoisotopic (exact) mass is 233 g/mol. The minimum Gasteiger partial charge on any atom is -0.330 e. The van der Waals surface area contributed by atoms with Crippen molar-refractivity contribution < 1.29 is 4.39 Å². The lowest BCUT2D eigenvalue weighted by Crippen LogP contribution is -2.16. The Morgan fingerprint density at radius 1 is 1.41 bits per heavy atom. The highest BCUT2D eigenvalue weighted by Crippen LogP contribution is 2.22. The minimum atomic E-state index is -0.188. The van der Waals surface area contributed by atoms with E-state index in [0.717, 1.165) is 5.56 Å². The Morgan fingerprint density at radius 2 is 2.18 bits per heavy atom. The van der Waals surface area contributed by atoms with E-state index in [1.165, 1.54) is 6.07 Å². The average Bonchev–Trinajstić information content (AvgIpc) is 2.73. The molecule has 1 aromatic carbocycles. The molecule has 0 aliphatic carbocycles. The van der Waals surface area contributed by atoms with Gasteiger partial charge in [0.05, 0.1) is 6.20 Å². The lowest BCUT2D eigenvalue weighted by molar-refractivity contribution is 0.575. The van der Waals surface area contributed by atoms with E-state index in [-0.39, 0.29) is 11.7 Å². The summed E-state index contributed by atoms with van der Waals surface area (Å²) in [4.78, 5) is 0. The van der Waals surface area contributed by atoms with Gasteiger partial charge in [-0.05, 0) is 30.2 Å². The van der Waals surface area contributed by atoms with Crippen LogP contribution in [0.15, 0.2) is 36.7 Å². The fraction of sp³-hybridized carbons (Fsp3) is 0.308. The van der Waals surface area contributed by atoms with Crippen LogP contribution in [-0.4, -0.2) is 16.3 Å². The van der Waals surface area contributed by atoms with Crippen molar-refractivity contribution in [3.8, 4) is 0 Å². The molecule has 0 saturated heterocycles. The van der Waals surface area contributed by atoms with Crippen molar-refractivity contribution >= 4 is 0 Å². The van der Waals surface area contributed by atoms with E-state index in [1.54, 1.807) is 23.0 Å². The Kier molecular flexibility index (Phi) is 3.54. The first-order valence-corrected chi connectivity index (χ1v) is 5.62. The van der Waals surface area contributed by atoms with Gasteiger partial charge in [-0.25, -0.2) is 4.39 Å². The molecule has 2 N–H and O–H groups in total. The summed E-state index contributed by atoms with van der Waals surface area (Å²) in [6.45, 7) is 0.426. The number of nitrogens with two attached hydrogens (primary N) is 1. The molecule has 1 atom stereocenters. The van der Waals surface area contributed by atoms with Gasteiger partial charge in [0.25, 0.3) is 0 Å². The van der Waals surface area contributed by atoms with Crippen LogP contribution < -0.4 is 5.73 Å². The first-order chi connectivity index (χ1) is 8.20. The second kappa shape index (κ2) is 5.10. The molecule has 0 radical (unpaired) electrons. The van der Waals surface area contributed by atoms with Gasteiger partial charge in [0, 0.05) is 19.2 Å². The SMILES string of the molecule is Cn1cc(CC(CN)c2ccccc2F)cn1. The van der Waals surface area contributed by atoms with Crippen molar-refractivity contribution in [3.63, 3.8) is 0 Å². The number of halogens is 1. The van der Waals surface area contributed by atoms with Crippen LogP contribution >= 0.6 is 0 Å². The second-order valence-electron chi connectivity index (χ2n) is 4.18. The van der Waals surface area contributed by atoms with Gasteiger partial charge >= 0.3 is 0 Å². The molecule has 1 unspecified atom stereocenters. The highest BCUT2D eigenvalue weighted by atomic mass is 19.1. The number of nitrogens with zero attached hydrogens (tertiary/aromatic N) is 2. The van der Waals surface area contributed by atoms with Crippen molar-refractivity contribution in [3.05, 3.63) is 53.6 Å². The molecule has 90 valence electrons. The summed E-state index contributed by atoms with van der Waals surface area (Å²) in [5, 5.41) is 4.10. The van der Waals surface area contributed by atoms with E-state index in [4.69, 9.17) is 5.73 Å². The third kappa shape index (κ3) is 2.71. The topological polar surface area (TPSA) is 43.8 Å². The van der Waals surface area contributed by atoms with Gasteiger partial charge in [-0.3, -0.25) is 4.68 Å². The van der Waals surface area contributed by atoms with Gasteiger partial charge in [-0.2, -0.15) is 5.10 Å². The summed E-state index contributed by atoms with van der Waals surface area (Å²) in [6.07, 6.45) is 4.44. The van der Waals surface area contributed by atoms with Crippen LogP contribution in [-0.2, 0) is 13.5 Å². The number of aromatic nitrogens is 2. The molecule has 0 amide bonds. The molecule has 17 heavy (non-hydrogen) atoms. The Labute approximate surface area is 100 Å². The van der Waals surface area contributed by atoms with Crippen molar-refractivity contribution in [2.24, 2.45) is 12.8 Å².